The van der Waals surface area contributed by atoms with Crippen LogP contribution in [0.25, 0.3) is 0 Å². The maximum atomic E-state index is 12.1. The summed E-state index contributed by atoms with van der Waals surface area (Å²) in [6.07, 6.45) is 6.57. The number of carbonyl (C=O) groups excluding carboxylic acids is 1. The molecule has 24 heavy (non-hydrogen) atoms. The smallest absolute Gasteiger partial charge is 0.254 e. The van der Waals surface area contributed by atoms with Gasteiger partial charge in [0.25, 0.3) is 5.91 Å². The predicted octanol–water partition coefficient (Wildman–Crippen LogP) is 0.550. The molecule has 0 atom stereocenters. The molecule has 126 valence electrons. The van der Waals surface area contributed by atoms with Gasteiger partial charge in [0.2, 0.25) is 5.95 Å². The van der Waals surface area contributed by atoms with Gasteiger partial charge in [-0.1, -0.05) is 0 Å². The number of morpholine rings is 1. The van der Waals surface area contributed by atoms with E-state index in [0.717, 1.165) is 18.8 Å². The van der Waals surface area contributed by atoms with Crippen LogP contribution >= 0.6 is 0 Å². The number of hydrogen-bond acceptors (Lipinski definition) is 7. The summed E-state index contributed by atoms with van der Waals surface area (Å²) < 4.78 is 5.30. The fraction of sp³-hybridized carbons (Fsp3) is 0.375. The number of nitrogens with zero attached hydrogens (tertiary/aromatic N) is 4. The van der Waals surface area contributed by atoms with Gasteiger partial charge in [0.15, 0.2) is 0 Å². The predicted molar refractivity (Wildman–Crippen MR) is 90.1 cm³/mol. The first-order valence-electron chi connectivity index (χ1n) is 7.90. The molecule has 1 fully saturated rings. The highest BCUT2D eigenvalue weighted by atomic mass is 16.5. The lowest BCUT2D eigenvalue weighted by atomic mass is 10.3. The summed E-state index contributed by atoms with van der Waals surface area (Å²) in [6, 6.07) is 3.78. The molecule has 0 spiro atoms. The van der Waals surface area contributed by atoms with E-state index < -0.39 is 0 Å². The quantitative estimate of drug-likeness (QED) is 0.748. The molecule has 0 aromatic carbocycles. The topological polar surface area (TPSA) is 92.3 Å². The monoisotopic (exact) mass is 328 g/mol. The van der Waals surface area contributed by atoms with Crippen molar-refractivity contribution in [1.82, 2.24) is 20.3 Å². The molecule has 3 heterocycles. The number of aromatic nitrogens is 3. The summed E-state index contributed by atoms with van der Waals surface area (Å²) >= 11 is 0. The van der Waals surface area contributed by atoms with Crippen molar-refractivity contribution in [3.05, 3.63) is 42.5 Å². The number of nitrogens with one attached hydrogen (secondary N) is 2. The number of rotatable bonds is 6. The van der Waals surface area contributed by atoms with E-state index in [-0.39, 0.29) is 5.91 Å². The Hall–Kier alpha value is -2.74. The average molecular weight is 328 g/mol. The van der Waals surface area contributed by atoms with E-state index in [4.69, 9.17) is 4.74 Å². The molecular weight excluding hydrogens is 308 g/mol. The van der Waals surface area contributed by atoms with Crippen LogP contribution in [0, 0.1) is 0 Å². The molecule has 1 aliphatic rings. The minimum atomic E-state index is -0.184. The van der Waals surface area contributed by atoms with Crippen LogP contribution in [0.15, 0.2) is 36.9 Å². The Labute approximate surface area is 140 Å². The molecule has 2 N–H and O–H groups in total. The average Bonchev–Trinajstić information content (AvgIpc) is 2.67. The van der Waals surface area contributed by atoms with Crippen molar-refractivity contribution in [1.29, 1.82) is 0 Å². The van der Waals surface area contributed by atoms with Crippen molar-refractivity contribution in [2.45, 2.75) is 0 Å². The van der Waals surface area contributed by atoms with Crippen molar-refractivity contribution >= 4 is 17.5 Å². The van der Waals surface area contributed by atoms with E-state index in [9.17, 15) is 4.79 Å². The van der Waals surface area contributed by atoms with Gasteiger partial charge in [-0.3, -0.25) is 9.78 Å². The lowest BCUT2D eigenvalue weighted by molar-refractivity contribution is 0.0954. The number of pyridine rings is 1. The fourth-order valence-electron chi connectivity index (χ4n) is 2.32. The minimum Gasteiger partial charge on any atom is -0.382 e. The van der Waals surface area contributed by atoms with E-state index in [1.165, 1.54) is 0 Å². The standard InChI is InChI=1S/C16H20N6O2/c23-15(19-5-4-18-14-2-1-3-17-12-14)13-10-20-16(21-11-13)22-6-8-24-9-7-22/h1-3,10-12,18H,4-9H2,(H,19,23). The highest BCUT2D eigenvalue weighted by molar-refractivity contribution is 5.93. The summed E-state index contributed by atoms with van der Waals surface area (Å²) in [4.78, 5) is 26.7. The molecule has 1 aliphatic heterocycles. The van der Waals surface area contributed by atoms with Crippen LogP contribution in [0.3, 0.4) is 0 Å². The van der Waals surface area contributed by atoms with Gasteiger partial charge in [-0.2, -0.15) is 0 Å². The highest BCUT2D eigenvalue weighted by Gasteiger charge is 2.14. The third-order valence-electron chi connectivity index (χ3n) is 3.60. The highest BCUT2D eigenvalue weighted by Crippen LogP contribution is 2.09. The van der Waals surface area contributed by atoms with Crippen LogP contribution < -0.4 is 15.5 Å². The van der Waals surface area contributed by atoms with Gasteiger partial charge in [-0.15, -0.1) is 0 Å². The van der Waals surface area contributed by atoms with Gasteiger partial charge in [0.05, 0.1) is 24.5 Å². The zero-order valence-electron chi connectivity index (χ0n) is 13.3. The number of anilines is 2. The van der Waals surface area contributed by atoms with Crippen LogP contribution in [0.5, 0.6) is 0 Å². The molecule has 0 bridgehead atoms. The summed E-state index contributed by atoms with van der Waals surface area (Å²) in [7, 11) is 0. The Bertz CT molecular complexity index is 643. The van der Waals surface area contributed by atoms with Gasteiger partial charge in [-0.25, -0.2) is 9.97 Å². The maximum Gasteiger partial charge on any atom is 0.254 e. The lowest BCUT2D eigenvalue weighted by Crippen LogP contribution is -2.37. The molecule has 3 rings (SSSR count). The molecule has 0 aliphatic carbocycles. The van der Waals surface area contributed by atoms with Gasteiger partial charge in [0, 0.05) is 51.0 Å². The van der Waals surface area contributed by atoms with Gasteiger partial charge in [-0.05, 0) is 12.1 Å². The lowest BCUT2D eigenvalue weighted by Gasteiger charge is -2.26. The number of ether oxygens (including phenoxy) is 1. The molecule has 8 nitrogen and oxygen atoms in total. The first-order chi connectivity index (χ1) is 11.8. The van der Waals surface area contributed by atoms with Crippen molar-refractivity contribution in [2.75, 3.05) is 49.6 Å². The summed E-state index contributed by atoms with van der Waals surface area (Å²) in [5.74, 6) is 0.449. The zero-order valence-corrected chi connectivity index (χ0v) is 13.3. The summed E-state index contributed by atoms with van der Waals surface area (Å²) in [5.41, 5.74) is 1.37. The molecule has 1 saturated heterocycles. The SMILES string of the molecule is O=C(NCCNc1cccnc1)c1cnc(N2CCOCC2)nc1. The Morgan fingerprint density at radius 1 is 1.17 bits per heavy atom. The maximum absolute atomic E-state index is 12.1. The third kappa shape index (κ3) is 4.39. The Kier molecular flexibility index (Phi) is 5.52. The van der Waals surface area contributed by atoms with Gasteiger partial charge in [0.1, 0.15) is 0 Å². The number of carbonyl (C=O) groups is 1. The van der Waals surface area contributed by atoms with Crippen LogP contribution in [0.2, 0.25) is 0 Å². The normalized spacial score (nSPS) is 14.2. The summed E-state index contributed by atoms with van der Waals surface area (Å²) in [6.45, 7) is 4.01. The first-order valence-corrected chi connectivity index (χ1v) is 7.90. The molecule has 0 radical (unpaired) electrons. The van der Waals surface area contributed by atoms with E-state index in [1.807, 2.05) is 17.0 Å². The zero-order chi connectivity index (χ0) is 16.6. The van der Waals surface area contributed by atoms with E-state index in [1.54, 1.807) is 24.8 Å². The van der Waals surface area contributed by atoms with E-state index >= 15 is 0 Å². The van der Waals surface area contributed by atoms with Crippen LogP contribution in [0.4, 0.5) is 11.6 Å². The van der Waals surface area contributed by atoms with Crippen LogP contribution in [-0.2, 0) is 4.74 Å². The summed E-state index contributed by atoms with van der Waals surface area (Å²) in [5, 5.41) is 6.01. The molecule has 0 unspecified atom stereocenters. The number of amides is 1. The van der Waals surface area contributed by atoms with Crippen molar-refractivity contribution in [3.63, 3.8) is 0 Å². The second-order valence-electron chi connectivity index (χ2n) is 5.30. The largest absolute Gasteiger partial charge is 0.382 e. The van der Waals surface area contributed by atoms with Crippen molar-refractivity contribution in [3.8, 4) is 0 Å². The molecule has 1 amide bonds. The Morgan fingerprint density at radius 3 is 2.67 bits per heavy atom. The van der Waals surface area contributed by atoms with Crippen LogP contribution in [0.1, 0.15) is 10.4 Å². The van der Waals surface area contributed by atoms with E-state index in [2.05, 4.69) is 25.6 Å². The van der Waals surface area contributed by atoms with Crippen molar-refractivity contribution < 1.29 is 9.53 Å². The van der Waals surface area contributed by atoms with Crippen molar-refractivity contribution in [2.24, 2.45) is 0 Å². The fourth-order valence-corrected chi connectivity index (χ4v) is 2.32. The number of hydrogen-bond donors (Lipinski definition) is 2. The van der Waals surface area contributed by atoms with Gasteiger partial charge < -0.3 is 20.3 Å². The van der Waals surface area contributed by atoms with E-state index in [0.29, 0.717) is 37.8 Å². The minimum absolute atomic E-state index is 0.184. The second-order valence-corrected chi connectivity index (χ2v) is 5.30. The molecule has 0 saturated carbocycles. The third-order valence-corrected chi connectivity index (χ3v) is 3.60. The molecule has 2 aromatic rings. The Balaban J connectivity index is 1.44. The second kappa shape index (κ2) is 8.21. The van der Waals surface area contributed by atoms with Crippen LogP contribution in [-0.4, -0.2) is 60.3 Å². The molecular formula is C16H20N6O2. The molecule has 8 heteroatoms. The first kappa shape index (κ1) is 16.1. The Morgan fingerprint density at radius 2 is 1.96 bits per heavy atom. The van der Waals surface area contributed by atoms with Gasteiger partial charge >= 0.3 is 0 Å². The molecule has 2 aromatic heterocycles.